The summed E-state index contributed by atoms with van der Waals surface area (Å²) < 4.78 is 5.93. The van der Waals surface area contributed by atoms with E-state index in [4.69, 9.17) is 4.74 Å². The van der Waals surface area contributed by atoms with E-state index in [0.717, 1.165) is 6.42 Å². The van der Waals surface area contributed by atoms with Crippen LogP contribution in [0.15, 0.2) is 0 Å². The number of aliphatic carboxylic acids is 1. The fraction of sp³-hybridized carbons (Fsp3) is 0.870. The zero-order valence-corrected chi connectivity index (χ0v) is 20.7. The number of carboxylic acid groups (broad SMARTS) is 1. The van der Waals surface area contributed by atoms with Crippen molar-refractivity contribution in [2.45, 2.75) is 99.6 Å². The van der Waals surface area contributed by atoms with Crippen LogP contribution >= 0.6 is 0 Å². The number of carbonyl (C=O) groups excluding carboxylic acids is 2. The van der Waals surface area contributed by atoms with Gasteiger partial charge in [-0.3, -0.25) is 14.4 Å². The molecule has 0 aliphatic rings. The van der Waals surface area contributed by atoms with Crippen LogP contribution < -0.4 is 10.6 Å². The molecular weight excluding hydrogens is 384 g/mol. The summed E-state index contributed by atoms with van der Waals surface area (Å²) in [6.07, 6.45) is 1.73. The number of hydrogen-bond acceptors (Lipinski definition) is 4. The lowest BCUT2D eigenvalue weighted by atomic mass is 9.67. The molecule has 0 unspecified atom stereocenters. The quantitative estimate of drug-likeness (QED) is 0.414. The van der Waals surface area contributed by atoms with Gasteiger partial charge in [0.2, 0.25) is 11.8 Å². The van der Waals surface area contributed by atoms with Gasteiger partial charge in [0.25, 0.3) is 0 Å². The fourth-order valence-corrected chi connectivity index (χ4v) is 2.66. The van der Waals surface area contributed by atoms with E-state index in [-0.39, 0.29) is 18.2 Å². The van der Waals surface area contributed by atoms with Gasteiger partial charge in [-0.15, -0.1) is 0 Å². The standard InChI is InChI=1S/C23H44N2O5/c1-16(2)11-13-24-17(26)15-21(5,6)30-14-12-20(3,4)25-18(27)22(7,8)23(9,10)19(28)29/h16H,11-15H2,1-10H3,(H,24,26)(H,25,27)(H,28,29). The molecule has 7 heteroatoms. The molecule has 0 fully saturated rings. The predicted octanol–water partition coefficient (Wildman–Crippen LogP) is 3.76. The molecule has 0 atom stereocenters. The third kappa shape index (κ3) is 9.02. The van der Waals surface area contributed by atoms with Crippen LogP contribution in [0.1, 0.15) is 88.5 Å². The van der Waals surface area contributed by atoms with Crippen LogP contribution in [0.5, 0.6) is 0 Å². The van der Waals surface area contributed by atoms with Crippen molar-refractivity contribution in [1.82, 2.24) is 10.6 Å². The molecule has 0 aromatic carbocycles. The average Bonchev–Trinajstić information content (AvgIpc) is 2.52. The lowest BCUT2D eigenvalue weighted by Gasteiger charge is -2.39. The highest BCUT2D eigenvalue weighted by molar-refractivity contribution is 5.89. The number of amides is 2. The Labute approximate surface area is 182 Å². The van der Waals surface area contributed by atoms with E-state index in [1.807, 2.05) is 27.7 Å². The average molecular weight is 429 g/mol. The van der Waals surface area contributed by atoms with Gasteiger partial charge in [0.1, 0.15) is 0 Å². The Balaban J connectivity index is 4.69. The van der Waals surface area contributed by atoms with Crippen molar-refractivity contribution < 1.29 is 24.2 Å². The smallest absolute Gasteiger partial charge is 0.310 e. The number of hydrogen-bond donors (Lipinski definition) is 3. The summed E-state index contributed by atoms with van der Waals surface area (Å²) in [6.45, 7) is 19.2. The van der Waals surface area contributed by atoms with Crippen molar-refractivity contribution in [2.24, 2.45) is 16.7 Å². The molecule has 0 heterocycles. The predicted molar refractivity (Wildman–Crippen MR) is 119 cm³/mol. The number of ether oxygens (including phenoxy) is 1. The second-order valence-electron chi connectivity index (χ2n) is 11.0. The van der Waals surface area contributed by atoms with E-state index < -0.39 is 27.9 Å². The summed E-state index contributed by atoms with van der Waals surface area (Å²) in [5.41, 5.74) is -3.51. The Hall–Kier alpha value is -1.63. The molecule has 0 bridgehead atoms. The van der Waals surface area contributed by atoms with Crippen LogP contribution in [0.4, 0.5) is 0 Å². The van der Waals surface area contributed by atoms with E-state index in [9.17, 15) is 19.5 Å². The van der Waals surface area contributed by atoms with Crippen LogP contribution in [0.3, 0.4) is 0 Å². The van der Waals surface area contributed by atoms with E-state index in [1.165, 1.54) is 0 Å². The second kappa shape index (κ2) is 10.6. The first-order chi connectivity index (χ1) is 13.3. The molecule has 0 saturated carbocycles. The molecule has 0 rings (SSSR count). The lowest BCUT2D eigenvalue weighted by Crippen LogP contribution is -2.55. The van der Waals surface area contributed by atoms with E-state index in [2.05, 4.69) is 24.5 Å². The third-order valence-electron chi connectivity index (χ3n) is 5.97. The normalized spacial score (nSPS) is 13.3. The first-order valence-electron chi connectivity index (χ1n) is 10.8. The lowest BCUT2D eigenvalue weighted by molar-refractivity contribution is -0.160. The summed E-state index contributed by atoms with van der Waals surface area (Å²) in [5.74, 6) is -0.829. The Morgan fingerprint density at radius 1 is 0.933 bits per heavy atom. The molecule has 0 aliphatic heterocycles. The second-order valence-corrected chi connectivity index (χ2v) is 11.0. The van der Waals surface area contributed by atoms with Crippen molar-refractivity contribution >= 4 is 17.8 Å². The van der Waals surface area contributed by atoms with Gasteiger partial charge >= 0.3 is 5.97 Å². The van der Waals surface area contributed by atoms with E-state index in [1.54, 1.807) is 27.7 Å². The molecule has 0 aliphatic carbocycles. The Kier molecular flexibility index (Phi) is 10.0. The zero-order valence-electron chi connectivity index (χ0n) is 20.7. The van der Waals surface area contributed by atoms with Crippen molar-refractivity contribution in [1.29, 1.82) is 0 Å². The molecule has 0 spiro atoms. The maximum absolute atomic E-state index is 12.8. The SMILES string of the molecule is CC(C)CCNC(=O)CC(C)(C)OCCC(C)(C)NC(=O)C(C)(C)C(C)(C)C(=O)O. The van der Waals surface area contributed by atoms with Crippen molar-refractivity contribution in [3.63, 3.8) is 0 Å². The molecule has 7 nitrogen and oxygen atoms in total. The molecule has 0 aromatic rings. The summed E-state index contributed by atoms with van der Waals surface area (Å²) in [6, 6.07) is 0. The molecule has 30 heavy (non-hydrogen) atoms. The Bertz CT molecular complexity index is 607. The number of nitrogens with one attached hydrogen (secondary N) is 2. The van der Waals surface area contributed by atoms with Crippen molar-refractivity contribution in [3.8, 4) is 0 Å². The van der Waals surface area contributed by atoms with Crippen LogP contribution in [-0.2, 0) is 19.1 Å². The van der Waals surface area contributed by atoms with Crippen LogP contribution in [-0.4, -0.2) is 47.2 Å². The van der Waals surface area contributed by atoms with Crippen molar-refractivity contribution in [2.75, 3.05) is 13.2 Å². The minimum Gasteiger partial charge on any atom is -0.481 e. The topological polar surface area (TPSA) is 105 Å². The maximum Gasteiger partial charge on any atom is 0.310 e. The molecule has 2 amide bonds. The molecule has 0 saturated heterocycles. The van der Waals surface area contributed by atoms with Crippen LogP contribution in [0, 0.1) is 16.7 Å². The summed E-state index contributed by atoms with van der Waals surface area (Å²) in [4.78, 5) is 36.5. The molecule has 0 aromatic heterocycles. The largest absolute Gasteiger partial charge is 0.481 e. The van der Waals surface area contributed by atoms with Gasteiger partial charge < -0.3 is 20.5 Å². The van der Waals surface area contributed by atoms with Gasteiger partial charge in [-0.25, -0.2) is 0 Å². The van der Waals surface area contributed by atoms with Crippen molar-refractivity contribution in [3.05, 3.63) is 0 Å². The number of carbonyl (C=O) groups is 3. The van der Waals surface area contributed by atoms with Crippen LogP contribution in [0.2, 0.25) is 0 Å². The van der Waals surface area contributed by atoms with Gasteiger partial charge in [-0.1, -0.05) is 13.8 Å². The summed E-state index contributed by atoms with van der Waals surface area (Å²) in [5, 5.41) is 15.4. The Morgan fingerprint density at radius 3 is 1.93 bits per heavy atom. The first kappa shape index (κ1) is 28.4. The summed E-state index contributed by atoms with van der Waals surface area (Å²) in [7, 11) is 0. The van der Waals surface area contributed by atoms with Gasteiger partial charge in [0.15, 0.2) is 0 Å². The molecule has 3 N–H and O–H groups in total. The highest BCUT2D eigenvalue weighted by Crippen LogP contribution is 2.39. The maximum atomic E-state index is 12.8. The first-order valence-corrected chi connectivity index (χ1v) is 10.8. The molecular formula is C23H44N2O5. The minimum atomic E-state index is -1.21. The van der Waals surface area contributed by atoms with Gasteiger partial charge in [0, 0.05) is 18.7 Å². The minimum absolute atomic E-state index is 0.0362. The highest BCUT2D eigenvalue weighted by atomic mass is 16.5. The zero-order chi connectivity index (χ0) is 24.0. The summed E-state index contributed by atoms with van der Waals surface area (Å²) >= 11 is 0. The number of rotatable bonds is 13. The van der Waals surface area contributed by atoms with Crippen LogP contribution in [0.25, 0.3) is 0 Å². The monoisotopic (exact) mass is 428 g/mol. The molecule has 0 radical (unpaired) electrons. The Morgan fingerprint density at radius 2 is 1.47 bits per heavy atom. The van der Waals surface area contributed by atoms with E-state index >= 15 is 0 Å². The van der Waals surface area contributed by atoms with Gasteiger partial charge in [0.05, 0.1) is 22.9 Å². The van der Waals surface area contributed by atoms with E-state index in [0.29, 0.717) is 25.5 Å². The number of carboxylic acids is 1. The fourth-order valence-electron chi connectivity index (χ4n) is 2.66. The molecule has 176 valence electrons. The third-order valence-corrected chi connectivity index (χ3v) is 5.97. The van der Waals surface area contributed by atoms with Gasteiger partial charge in [-0.2, -0.15) is 0 Å². The highest BCUT2D eigenvalue weighted by Gasteiger charge is 2.49. The van der Waals surface area contributed by atoms with Gasteiger partial charge in [-0.05, 0) is 74.1 Å².